The van der Waals surface area contributed by atoms with Gasteiger partial charge in [-0.2, -0.15) is 0 Å². The Hall–Kier alpha value is -0.520. The summed E-state index contributed by atoms with van der Waals surface area (Å²) in [6.45, 7) is 11.4. The van der Waals surface area contributed by atoms with Crippen LogP contribution in [0.25, 0.3) is 0 Å². The van der Waals surface area contributed by atoms with E-state index in [-0.39, 0.29) is 18.5 Å². The molecule has 6 heteroatoms. The van der Waals surface area contributed by atoms with Gasteiger partial charge in [-0.1, -0.05) is 0 Å². The monoisotopic (exact) mass is 277 g/mol. The maximum atomic E-state index is 11.8. The summed E-state index contributed by atoms with van der Waals surface area (Å²) in [6.07, 6.45) is -0.177. The van der Waals surface area contributed by atoms with Gasteiger partial charge in [-0.05, 0) is 20.8 Å². The first-order chi connectivity index (χ1) is 7.96. The van der Waals surface area contributed by atoms with Crippen LogP contribution in [0.4, 0.5) is 4.79 Å². The lowest BCUT2D eigenvalue weighted by Crippen LogP contribution is -2.62. The molecule has 0 saturated carbocycles. The maximum Gasteiger partial charge on any atom is 0.410 e. The minimum absolute atomic E-state index is 0. The number of carbonyl (C=O) groups excluding carboxylic acids is 1. The Morgan fingerprint density at radius 1 is 1.17 bits per heavy atom. The molecule has 2 heterocycles. The Labute approximate surface area is 115 Å². The van der Waals surface area contributed by atoms with Crippen molar-refractivity contribution in [2.75, 3.05) is 39.3 Å². The van der Waals surface area contributed by atoms with Crippen molar-refractivity contribution >= 4 is 18.5 Å². The largest absolute Gasteiger partial charge is 0.444 e. The molecule has 106 valence electrons. The molecule has 0 bridgehead atoms. The first kappa shape index (κ1) is 15.5. The van der Waals surface area contributed by atoms with Crippen LogP contribution in [0, 0.1) is 0 Å². The van der Waals surface area contributed by atoms with E-state index in [1.165, 1.54) is 0 Å². The van der Waals surface area contributed by atoms with E-state index < -0.39 is 5.60 Å². The van der Waals surface area contributed by atoms with Crippen LogP contribution in [-0.4, -0.2) is 66.8 Å². The van der Waals surface area contributed by atoms with E-state index in [1.807, 2.05) is 25.7 Å². The number of nitrogens with one attached hydrogen (secondary N) is 1. The van der Waals surface area contributed by atoms with Crippen LogP contribution >= 0.6 is 12.4 Å². The van der Waals surface area contributed by atoms with E-state index in [9.17, 15) is 4.79 Å². The Balaban J connectivity index is 0.00000162. The highest BCUT2D eigenvalue weighted by molar-refractivity contribution is 5.85. The predicted octanol–water partition coefficient (Wildman–Crippen LogP) is 0.933. The summed E-state index contributed by atoms with van der Waals surface area (Å²) in [5.74, 6) is 0. The number of carbonyl (C=O) groups is 1. The van der Waals surface area contributed by atoms with Gasteiger partial charge in [-0.3, -0.25) is 4.90 Å². The highest BCUT2D eigenvalue weighted by Gasteiger charge is 2.30. The molecule has 0 aromatic heterocycles. The van der Waals surface area contributed by atoms with E-state index in [0.29, 0.717) is 6.04 Å². The fourth-order valence-electron chi connectivity index (χ4n) is 2.13. The van der Waals surface area contributed by atoms with Crippen molar-refractivity contribution in [3.63, 3.8) is 0 Å². The molecular formula is C12H24ClN3O2. The normalized spacial score (nSPS) is 22.1. The lowest BCUT2D eigenvalue weighted by atomic mass is 10.1. The summed E-state index contributed by atoms with van der Waals surface area (Å²) < 4.78 is 5.37. The van der Waals surface area contributed by atoms with Crippen molar-refractivity contribution in [3.05, 3.63) is 0 Å². The molecule has 18 heavy (non-hydrogen) atoms. The lowest BCUT2D eigenvalue weighted by Gasteiger charge is -2.43. The number of rotatable bonds is 1. The molecular weight excluding hydrogens is 254 g/mol. The first-order valence-electron chi connectivity index (χ1n) is 6.38. The number of hydrogen-bond acceptors (Lipinski definition) is 4. The van der Waals surface area contributed by atoms with Crippen LogP contribution in [0.3, 0.4) is 0 Å². The van der Waals surface area contributed by atoms with Crippen LogP contribution < -0.4 is 5.32 Å². The van der Waals surface area contributed by atoms with Gasteiger partial charge in [-0.15, -0.1) is 12.4 Å². The van der Waals surface area contributed by atoms with Crippen molar-refractivity contribution in [1.82, 2.24) is 15.1 Å². The van der Waals surface area contributed by atoms with Crippen molar-refractivity contribution in [1.29, 1.82) is 0 Å². The molecule has 2 saturated heterocycles. The number of nitrogens with zero attached hydrogens (tertiary/aromatic N) is 2. The molecule has 0 unspecified atom stereocenters. The molecule has 0 aromatic carbocycles. The summed E-state index contributed by atoms with van der Waals surface area (Å²) in [4.78, 5) is 16.1. The summed E-state index contributed by atoms with van der Waals surface area (Å²) in [5, 5.41) is 3.28. The average Bonchev–Trinajstić information content (AvgIpc) is 2.13. The topological polar surface area (TPSA) is 44.8 Å². The van der Waals surface area contributed by atoms with Crippen LogP contribution in [0.2, 0.25) is 0 Å². The van der Waals surface area contributed by atoms with Crippen LogP contribution in [0.15, 0.2) is 0 Å². The molecule has 0 radical (unpaired) electrons. The fraction of sp³-hybridized carbons (Fsp3) is 0.917. The summed E-state index contributed by atoms with van der Waals surface area (Å²) in [7, 11) is 0. The van der Waals surface area contributed by atoms with Gasteiger partial charge in [0.15, 0.2) is 0 Å². The van der Waals surface area contributed by atoms with Gasteiger partial charge in [0, 0.05) is 45.3 Å². The van der Waals surface area contributed by atoms with Crippen LogP contribution in [-0.2, 0) is 4.74 Å². The van der Waals surface area contributed by atoms with E-state index in [4.69, 9.17) is 4.74 Å². The van der Waals surface area contributed by atoms with E-state index in [0.717, 1.165) is 39.3 Å². The molecule has 2 rings (SSSR count). The zero-order chi connectivity index (χ0) is 12.5. The second-order valence-electron chi connectivity index (χ2n) is 5.82. The number of ether oxygens (including phenoxy) is 1. The molecule has 5 nitrogen and oxygen atoms in total. The molecule has 2 fully saturated rings. The lowest BCUT2D eigenvalue weighted by molar-refractivity contribution is 0.00725. The summed E-state index contributed by atoms with van der Waals surface area (Å²) >= 11 is 0. The Morgan fingerprint density at radius 3 is 2.11 bits per heavy atom. The van der Waals surface area contributed by atoms with E-state index in [1.54, 1.807) is 0 Å². The van der Waals surface area contributed by atoms with Gasteiger partial charge in [0.05, 0.1) is 0 Å². The zero-order valence-corrected chi connectivity index (χ0v) is 12.3. The third kappa shape index (κ3) is 4.00. The Bertz CT molecular complexity index is 282. The first-order valence-corrected chi connectivity index (χ1v) is 6.38. The van der Waals surface area contributed by atoms with Crippen molar-refractivity contribution in [2.45, 2.75) is 32.4 Å². The molecule has 0 aliphatic carbocycles. The second kappa shape index (κ2) is 6.08. The van der Waals surface area contributed by atoms with Gasteiger partial charge >= 0.3 is 6.09 Å². The van der Waals surface area contributed by atoms with Crippen LogP contribution in [0.5, 0.6) is 0 Å². The number of amides is 1. The SMILES string of the molecule is CC(C)(C)OC(=O)N1CCN(C2CNC2)CC1.Cl. The third-order valence-electron chi connectivity index (χ3n) is 3.24. The highest BCUT2D eigenvalue weighted by atomic mass is 35.5. The highest BCUT2D eigenvalue weighted by Crippen LogP contribution is 2.13. The molecule has 1 amide bonds. The fourth-order valence-corrected chi connectivity index (χ4v) is 2.13. The quantitative estimate of drug-likeness (QED) is 0.775. The van der Waals surface area contributed by atoms with Gasteiger partial charge in [0.25, 0.3) is 0 Å². The number of hydrogen-bond donors (Lipinski definition) is 1. The predicted molar refractivity (Wildman–Crippen MR) is 73.3 cm³/mol. The molecule has 1 N–H and O–H groups in total. The number of piperazine rings is 1. The van der Waals surface area contributed by atoms with E-state index >= 15 is 0 Å². The summed E-state index contributed by atoms with van der Waals surface area (Å²) in [5.41, 5.74) is -0.397. The van der Waals surface area contributed by atoms with Gasteiger partial charge in [0.2, 0.25) is 0 Å². The average molecular weight is 278 g/mol. The zero-order valence-electron chi connectivity index (χ0n) is 11.4. The third-order valence-corrected chi connectivity index (χ3v) is 3.24. The van der Waals surface area contributed by atoms with Crippen molar-refractivity contribution < 1.29 is 9.53 Å². The minimum atomic E-state index is -0.397. The van der Waals surface area contributed by atoms with E-state index in [2.05, 4.69) is 10.2 Å². The molecule has 0 atom stereocenters. The Morgan fingerprint density at radius 2 is 1.72 bits per heavy atom. The minimum Gasteiger partial charge on any atom is -0.444 e. The second-order valence-corrected chi connectivity index (χ2v) is 5.82. The molecule has 0 spiro atoms. The van der Waals surface area contributed by atoms with Gasteiger partial charge < -0.3 is 15.0 Å². The Kier molecular flexibility index (Phi) is 5.25. The van der Waals surface area contributed by atoms with Crippen molar-refractivity contribution in [3.8, 4) is 0 Å². The molecule has 2 aliphatic heterocycles. The summed E-state index contributed by atoms with van der Waals surface area (Å²) in [6, 6.07) is 0.677. The van der Waals surface area contributed by atoms with Crippen molar-refractivity contribution in [2.24, 2.45) is 0 Å². The van der Waals surface area contributed by atoms with Crippen LogP contribution in [0.1, 0.15) is 20.8 Å². The molecule has 0 aromatic rings. The molecule has 2 aliphatic rings. The van der Waals surface area contributed by atoms with Gasteiger partial charge in [0.1, 0.15) is 5.60 Å². The number of halogens is 1. The maximum absolute atomic E-state index is 11.8. The van der Waals surface area contributed by atoms with Gasteiger partial charge in [-0.25, -0.2) is 4.79 Å². The smallest absolute Gasteiger partial charge is 0.410 e. The standard InChI is InChI=1S/C12H23N3O2.ClH/c1-12(2,3)17-11(16)15-6-4-14(5-7-15)10-8-13-9-10;/h10,13H,4-9H2,1-3H3;1H.